The van der Waals surface area contributed by atoms with Crippen LogP contribution in [0, 0.1) is 5.82 Å². The number of nitrogens with one attached hydrogen (secondary N) is 1. The number of hydrogen-bond donors (Lipinski definition) is 5. The lowest BCUT2D eigenvalue weighted by Gasteiger charge is -2.43. The third-order valence-corrected chi connectivity index (χ3v) is 5.38. The standard InChI is InChI=1S/C20H20FNO7/c1-22-18(26)10-4-2-3-9(5-10)11-6-12-16(13(21)7-11)29-19-20(12,27)17(25)15(24)14(8-23)28-19/h2-7,14-15,17,19,23-25,27H,8H2,1H3,(H,22,26)/t14-,15-,17+,19-,20+/m1/s1. The summed E-state index contributed by atoms with van der Waals surface area (Å²) < 4.78 is 25.5. The number of benzene rings is 2. The summed E-state index contributed by atoms with van der Waals surface area (Å²) >= 11 is 0. The van der Waals surface area contributed by atoms with E-state index in [4.69, 9.17) is 9.47 Å². The average Bonchev–Trinajstić information content (AvgIpc) is 3.03. The van der Waals surface area contributed by atoms with Gasteiger partial charge in [0.2, 0.25) is 6.29 Å². The zero-order chi connectivity index (χ0) is 20.9. The zero-order valence-corrected chi connectivity index (χ0v) is 15.4. The second kappa shape index (κ2) is 7.05. The quantitative estimate of drug-likeness (QED) is 0.481. The van der Waals surface area contributed by atoms with Crippen LogP contribution in [0.1, 0.15) is 15.9 Å². The number of rotatable bonds is 3. The average molecular weight is 405 g/mol. The van der Waals surface area contributed by atoms with Gasteiger partial charge in [0.1, 0.15) is 18.3 Å². The van der Waals surface area contributed by atoms with Gasteiger partial charge in [-0.25, -0.2) is 4.39 Å². The van der Waals surface area contributed by atoms with Gasteiger partial charge in [-0.3, -0.25) is 4.79 Å². The number of hydrogen-bond acceptors (Lipinski definition) is 7. The van der Waals surface area contributed by atoms with Gasteiger partial charge in [-0.1, -0.05) is 12.1 Å². The predicted molar refractivity (Wildman–Crippen MR) is 97.5 cm³/mol. The van der Waals surface area contributed by atoms with Crippen LogP contribution < -0.4 is 10.1 Å². The summed E-state index contributed by atoms with van der Waals surface area (Å²) in [6.45, 7) is -0.621. The van der Waals surface area contributed by atoms with Crippen LogP contribution in [0.2, 0.25) is 0 Å². The molecule has 2 aromatic carbocycles. The molecule has 9 heteroatoms. The molecule has 4 rings (SSSR count). The Bertz CT molecular complexity index is 968. The first-order valence-electron chi connectivity index (χ1n) is 8.99. The van der Waals surface area contributed by atoms with Crippen LogP contribution in [0.3, 0.4) is 0 Å². The highest BCUT2D eigenvalue weighted by atomic mass is 19.1. The van der Waals surface area contributed by atoms with Gasteiger partial charge < -0.3 is 35.2 Å². The number of ether oxygens (including phenoxy) is 2. The summed E-state index contributed by atoms with van der Waals surface area (Å²) in [5.74, 6) is -1.44. The molecule has 2 heterocycles. The van der Waals surface area contributed by atoms with Crippen molar-refractivity contribution in [2.24, 2.45) is 0 Å². The van der Waals surface area contributed by atoms with E-state index in [-0.39, 0.29) is 17.2 Å². The maximum Gasteiger partial charge on any atom is 0.251 e. The molecule has 8 nitrogen and oxygen atoms in total. The smallest absolute Gasteiger partial charge is 0.251 e. The predicted octanol–water partition coefficient (Wildman–Crippen LogP) is -0.129. The van der Waals surface area contributed by atoms with E-state index >= 15 is 0 Å². The molecule has 5 N–H and O–H groups in total. The Morgan fingerprint density at radius 1 is 1.24 bits per heavy atom. The molecular weight excluding hydrogens is 385 g/mol. The van der Waals surface area contributed by atoms with Crippen molar-refractivity contribution in [3.05, 3.63) is 53.3 Å². The maximum atomic E-state index is 14.8. The van der Waals surface area contributed by atoms with Gasteiger partial charge in [-0.05, 0) is 35.4 Å². The fraction of sp³-hybridized carbons (Fsp3) is 0.350. The number of carbonyl (C=O) groups is 1. The van der Waals surface area contributed by atoms with Gasteiger partial charge in [0.25, 0.3) is 5.91 Å². The van der Waals surface area contributed by atoms with Crippen molar-refractivity contribution in [3.63, 3.8) is 0 Å². The van der Waals surface area contributed by atoms with E-state index in [1.54, 1.807) is 24.3 Å². The van der Waals surface area contributed by atoms with Crippen molar-refractivity contribution in [2.75, 3.05) is 13.7 Å². The van der Waals surface area contributed by atoms with Gasteiger partial charge in [0.05, 0.1) is 6.61 Å². The molecule has 5 atom stereocenters. The molecular formula is C20H20FNO7. The minimum atomic E-state index is -2.24. The summed E-state index contributed by atoms with van der Waals surface area (Å²) in [5.41, 5.74) is -1.14. The van der Waals surface area contributed by atoms with Crippen molar-refractivity contribution in [1.29, 1.82) is 0 Å². The number of halogens is 1. The highest BCUT2D eigenvalue weighted by molar-refractivity contribution is 5.95. The van der Waals surface area contributed by atoms with E-state index in [9.17, 15) is 29.6 Å². The van der Waals surface area contributed by atoms with Crippen LogP contribution in [0.25, 0.3) is 11.1 Å². The van der Waals surface area contributed by atoms with E-state index in [2.05, 4.69) is 5.32 Å². The minimum absolute atomic E-state index is 0.0919. The molecule has 2 aromatic rings. The van der Waals surface area contributed by atoms with Gasteiger partial charge in [-0.15, -0.1) is 0 Å². The molecule has 154 valence electrons. The first kappa shape index (κ1) is 19.7. The second-order valence-corrected chi connectivity index (χ2v) is 7.06. The molecule has 0 bridgehead atoms. The number of amides is 1. The SMILES string of the molecule is CNC(=O)c1cccc(-c2cc(F)c3c(c2)[C@@]2(O)[C@@H](O3)O[C@H](CO)[C@@H](O)[C@@H]2O)c1. The summed E-state index contributed by atoms with van der Waals surface area (Å²) in [6, 6.07) is 9.04. The van der Waals surface area contributed by atoms with Crippen molar-refractivity contribution >= 4 is 5.91 Å². The fourth-order valence-corrected chi connectivity index (χ4v) is 3.77. The third-order valence-electron chi connectivity index (χ3n) is 5.38. The lowest BCUT2D eigenvalue weighted by molar-refractivity contribution is -0.314. The summed E-state index contributed by atoms with van der Waals surface area (Å²) in [6.07, 6.45) is -6.10. The normalized spacial score (nSPS) is 30.3. The zero-order valence-electron chi connectivity index (χ0n) is 15.4. The third kappa shape index (κ3) is 2.90. The van der Waals surface area contributed by atoms with Crippen LogP contribution in [0.5, 0.6) is 5.75 Å². The van der Waals surface area contributed by atoms with E-state index in [1.807, 2.05) is 0 Å². The summed E-state index contributed by atoms with van der Waals surface area (Å²) in [7, 11) is 1.49. The number of carbonyl (C=O) groups excluding carboxylic acids is 1. The number of aliphatic hydroxyl groups excluding tert-OH is 3. The Kier molecular flexibility index (Phi) is 4.80. The van der Waals surface area contributed by atoms with Crippen molar-refractivity contribution in [1.82, 2.24) is 5.32 Å². The number of aliphatic hydroxyl groups is 4. The van der Waals surface area contributed by atoms with E-state index in [1.165, 1.54) is 19.2 Å². The van der Waals surface area contributed by atoms with Crippen LogP contribution in [-0.4, -0.2) is 64.6 Å². The summed E-state index contributed by atoms with van der Waals surface area (Å²) in [4.78, 5) is 11.9. The van der Waals surface area contributed by atoms with E-state index in [0.717, 1.165) is 0 Å². The molecule has 0 aliphatic carbocycles. The van der Waals surface area contributed by atoms with Crippen LogP contribution in [0.4, 0.5) is 4.39 Å². The molecule has 0 aromatic heterocycles. The molecule has 0 unspecified atom stereocenters. The monoisotopic (exact) mass is 405 g/mol. The van der Waals surface area contributed by atoms with Crippen molar-refractivity contribution in [3.8, 4) is 16.9 Å². The second-order valence-electron chi connectivity index (χ2n) is 7.06. The molecule has 29 heavy (non-hydrogen) atoms. The summed E-state index contributed by atoms with van der Waals surface area (Å²) in [5, 5.41) is 43.6. The Morgan fingerprint density at radius 3 is 2.69 bits per heavy atom. The van der Waals surface area contributed by atoms with Gasteiger partial charge >= 0.3 is 0 Å². The van der Waals surface area contributed by atoms with Crippen LogP contribution in [0.15, 0.2) is 36.4 Å². The first-order valence-corrected chi connectivity index (χ1v) is 8.99. The molecule has 2 aliphatic rings. The van der Waals surface area contributed by atoms with Gasteiger partial charge in [0.15, 0.2) is 17.2 Å². The van der Waals surface area contributed by atoms with Gasteiger partial charge in [-0.2, -0.15) is 0 Å². The lowest BCUT2D eigenvalue weighted by atomic mass is 9.81. The van der Waals surface area contributed by atoms with Crippen LogP contribution in [-0.2, 0) is 10.3 Å². The Labute approximate surface area is 165 Å². The van der Waals surface area contributed by atoms with E-state index < -0.39 is 42.6 Å². The van der Waals surface area contributed by atoms with Crippen molar-refractivity contribution in [2.45, 2.75) is 30.2 Å². The molecule has 1 saturated heterocycles. The maximum absolute atomic E-state index is 14.8. The van der Waals surface area contributed by atoms with Crippen LogP contribution >= 0.6 is 0 Å². The first-order chi connectivity index (χ1) is 13.8. The Hall–Kier alpha value is -2.56. The topological polar surface area (TPSA) is 128 Å². The number of fused-ring (bicyclic) bond motifs is 3. The van der Waals surface area contributed by atoms with Gasteiger partial charge in [0, 0.05) is 18.2 Å². The van der Waals surface area contributed by atoms with Crippen molar-refractivity contribution < 1.29 is 39.1 Å². The molecule has 1 fully saturated rings. The largest absolute Gasteiger partial charge is 0.458 e. The fourth-order valence-electron chi connectivity index (χ4n) is 3.77. The molecule has 0 saturated carbocycles. The highest BCUT2D eigenvalue weighted by Crippen LogP contribution is 2.50. The highest BCUT2D eigenvalue weighted by Gasteiger charge is 2.62. The Morgan fingerprint density at radius 2 is 2.00 bits per heavy atom. The molecule has 1 amide bonds. The van der Waals surface area contributed by atoms with E-state index in [0.29, 0.717) is 16.7 Å². The molecule has 0 spiro atoms. The minimum Gasteiger partial charge on any atom is -0.458 e. The lowest BCUT2D eigenvalue weighted by Crippen LogP contribution is -2.64. The Balaban J connectivity index is 1.81. The molecule has 0 radical (unpaired) electrons. The molecule has 2 aliphatic heterocycles.